The number of aromatic nitrogens is 3. The zero-order valence-corrected chi connectivity index (χ0v) is 19.8. The van der Waals surface area contributed by atoms with E-state index in [1.165, 1.54) is 17.3 Å². The molecule has 1 aliphatic heterocycles. The molecule has 1 atom stereocenters. The molecule has 0 bridgehead atoms. The molecule has 0 aliphatic carbocycles. The highest BCUT2D eigenvalue weighted by molar-refractivity contribution is 7.99. The molecular weight excluding hydrogens is 434 g/mol. The molecular formula is C25H29N5O2S. The average Bonchev–Trinajstić information content (AvgIpc) is 3.20. The summed E-state index contributed by atoms with van der Waals surface area (Å²) >= 11 is 1.38. The van der Waals surface area contributed by atoms with Crippen molar-refractivity contribution in [2.45, 2.75) is 38.3 Å². The van der Waals surface area contributed by atoms with Crippen LogP contribution in [0.3, 0.4) is 0 Å². The third-order valence-electron chi connectivity index (χ3n) is 6.00. The molecule has 2 heterocycles. The molecule has 0 radical (unpaired) electrons. The monoisotopic (exact) mass is 463 g/mol. The largest absolute Gasteiger partial charge is 0.369 e. The highest BCUT2D eigenvalue weighted by Crippen LogP contribution is 2.27. The molecule has 0 spiro atoms. The molecule has 172 valence electrons. The summed E-state index contributed by atoms with van der Waals surface area (Å²) in [5, 5.41) is 9.61. The van der Waals surface area contributed by atoms with Gasteiger partial charge in [0.25, 0.3) is 0 Å². The van der Waals surface area contributed by atoms with Crippen LogP contribution in [0.5, 0.6) is 0 Å². The molecule has 8 heteroatoms. The van der Waals surface area contributed by atoms with Crippen LogP contribution in [0.15, 0.2) is 53.7 Å². The summed E-state index contributed by atoms with van der Waals surface area (Å²) in [5.41, 5.74) is 9.94. The summed E-state index contributed by atoms with van der Waals surface area (Å²) in [6.45, 7) is 5.20. The molecule has 1 fully saturated rings. The number of amides is 2. The third-order valence-corrected chi connectivity index (χ3v) is 6.91. The van der Waals surface area contributed by atoms with E-state index in [1.54, 1.807) is 4.90 Å². The Labute approximate surface area is 198 Å². The van der Waals surface area contributed by atoms with Crippen LogP contribution >= 0.6 is 11.8 Å². The van der Waals surface area contributed by atoms with E-state index < -0.39 is 0 Å². The normalized spacial score (nSPS) is 16.1. The van der Waals surface area contributed by atoms with Gasteiger partial charge in [-0.2, -0.15) is 0 Å². The molecule has 2 N–H and O–H groups in total. The number of thioether (sulfide) groups is 1. The number of piperidine rings is 1. The van der Waals surface area contributed by atoms with E-state index in [0.717, 1.165) is 35.5 Å². The lowest BCUT2D eigenvalue weighted by Gasteiger charge is -2.31. The molecule has 2 amide bonds. The van der Waals surface area contributed by atoms with Crippen LogP contribution < -0.4 is 5.73 Å². The minimum Gasteiger partial charge on any atom is -0.369 e. The van der Waals surface area contributed by atoms with Crippen LogP contribution in [0.25, 0.3) is 5.69 Å². The van der Waals surface area contributed by atoms with Crippen LogP contribution in [-0.4, -0.2) is 50.3 Å². The van der Waals surface area contributed by atoms with Gasteiger partial charge in [-0.1, -0.05) is 59.8 Å². The number of primary amides is 1. The van der Waals surface area contributed by atoms with Gasteiger partial charge in [-0.25, -0.2) is 0 Å². The van der Waals surface area contributed by atoms with Crippen LogP contribution in [0.4, 0.5) is 0 Å². The van der Waals surface area contributed by atoms with Gasteiger partial charge in [0.15, 0.2) is 5.16 Å². The maximum atomic E-state index is 12.9. The molecule has 4 rings (SSSR count). The first-order valence-electron chi connectivity index (χ1n) is 11.2. The van der Waals surface area contributed by atoms with Crippen molar-refractivity contribution in [2.75, 3.05) is 18.8 Å². The highest BCUT2D eigenvalue weighted by Gasteiger charge is 2.27. The zero-order chi connectivity index (χ0) is 23.4. The Hall–Kier alpha value is -3.13. The second kappa shape index (κ2) is 10.2. The van der Waals surface area contributed by atoms with E-state index in [4.69, 9.17) is 5.73 Å². The molecule has 1 unspecified atom stereocenters. The molecule has 2 aromatic carbocycles. The number of likely N-dealkylation sites (tertiary alicyclic amines) is 1. The number of hydrogen-bond acceptors (Lipinski definition) is 5. The summed E-state index contributed by atoms with van der Waals surface area (Å²) in [7, 11) is 0. The zero-order valence-electron chi connectivity index (χ0n) is 19.0. The van der Waals surface area contributed by atoms with Crippen molar-refractivity contribution < 1.29 is 9.59 Å². The van der Waals surface area contributed by atoms with E-state index >= 15 is 0 Å². The Morgan fingerprint density at radius 3 is 2.64 bits per heavy atom. The number of hydrogen-bond donors (Lipinski definition) is 1. The fourth-order valence-corrected chi connectivity index (χ4v) is 5.10. The predicted molar refractivity (Wildman–Crippen MR) is 129 cm³/mol. The van der Waals surface area contributed by atoms with Crippen molar-refractivity contribution in [3.8, 4) is 5.69 Å². The predicted octanol–water partition coefficient (Wildman–Crippen LogP) is 3.29. The van der Waals surface area contributed by atoms with Gasteiger partial charge in [0.1, 0.15) is 5.82 Å². The average molecular weight is 464 g/mol. The fraction of sp³-hybridized carbons (Fsp3) is 0.360. The first-order chi connectivity index (χ1) is 15.9. The van der Waals surface area contributed by atoms with Crippen molar-refractivity contribution in [2.24, 2.45) is 11.7 Å². The van der Waals surface area contributed by atoms with Crippen molar-refractivity contribution in [1.29, 1.82) is 0 Å². The number of carbonyl (C=O) groups excluding carboxylic acids is 2. The lowest BCUT2D eigenvalue weighted by Crippen LogP contribution is -2.44. The second-order valence-electron chi connectivity index (χ2n) is 8.56. The second-order valence-corrected chi connectivity index (χ2v) is 9.50. The number of nitrogens with zero attached hydrogens (tertiary/aromatic N) is 4. The number of nitrogens with two attached hydrogens (primary N) is 1. The fourth-order valence-electron chi connectivity index (χ4n) is 4.24. The summed E-state index contributed by atoms with van der Waals surface area (Å²) < 4.78 is 2.06. The summed E-state index contributed by atoms with van der Waals surface area (Å²) in [4.78, 5) is 26.2. The standard InChI is InChI=1S/C25H29N5O2S/c1-17-10-11-21(18(2)13-17)30-22(14-19-7-4-3-5-8-19)27-28-25(30)33-16-23(31)29-12-6-9-20(15-29)24(26)32/h3-5,7-8,10-11,13,20H,6,9,12,14-16H2,1-2H3,(H2,26,32). The lowest BCUT2D eigenvalue weighted by molar-refractivity contribution is -0.132. The third kappa shape index (κ3) is 5.45. The first kappa shape index (κ1) is 23.0. The summed E-state index contributed by atoms with van der Waals surface area (Å²) in [6, 6.07) is 16.5. The van der Waals surface area contributed by atoms with Gasteiger partial charge >= 0.3 is 0 Å². The molecule has 3 aromatic rings. The van der Waals surface area contributed by atoms with Gasteiger partial charge in [0.2, 0.25) is 11.8 Å². The van der Waals surface area contributed by atoms with Crippen molar-refractivity contribution >= 4 is 23.6 Å². The number of aryl methyl sites for hydroxylation is 2. The maximum absolute atomic E-state index is 12.9. The van der Waals surface area contributed by atoms with Crippen molar-refractivity contribution in [3.63, 3.8) is 0 Å². The van der Waals surface area contributed by atoms with Crippen LogP contribution in [0, 0.1) is 19.8 Å². The Balaban J connectivity index is 1.57. The Bertz CT molecular complexity index is 1140. The smallest absolute Gasteiger partial charge is 0.233 e. The van der Waals surface area contributed by atoms with Gasteiger partial charge < -0.3 is 10.6 Å². The molecule has 1 saturated heterocycles. The van der Waals surface area contributed by atoms with Crippen LogP contribution in [0.1, 0.15) is 35.4 Å². The summed E-state index contributed by atoms with van der Waals surface area (Å²) in [6.07, 6.45) is 2.18. The van der Waals surface area contributed by atoms with Crippen LogP contribution in [-0.2, 0) is 16.0 Å². The van der Waals surface area contributed by atoms with Crippen molar-refractivity contribution in [3.05, 3.63) is 71.0 Å². The number of rotatable bonds is 7. The number of benzene rings is 2. The summed E-state index contributed by atoms with van der Waals surface area (Å²) in [5.74, 6) is 0.463. The highest BCUT2D eigenvalue weighted by atomic mass is 32.2. The first-order valence-corrected chi connectivity index (χ1v) is 12.2. The Morgan fingerprint density at radius 2 is 1.91 bits per heavy atom. The Kier molecular flexibility index (Phi) is 7.13. The van der Waals surface area contributed by atoms with E-state index in [0.29, 0.717) is 24.7 Å². The molecule has 33 heavy (non-hydrogen) atoms. The van der Waals surface area contributed by atoms with E-state index in [2.05, 4.69) is 58.9 Å². The maximum Gasteiger partial charge on any atom is 0.233 e. The minimum atomic E-state index is -0.333. The van der Waals surface area contributed by atoms with E-state index in [9.17, 15) is 9.59 Å². The number of carbonyl (C=O) groups is 2. The molecule has 0 saturated carbocycles. The quantitative estimate of drug-likeness (QED) is 0.543. The van der Waals surface area contributed by atoms with Gasteiger partial charge in [0, 0.05) is 19.5 Å². The minimum absolute atomic E-state index is 0.00858. The van der Waals surface area contributed by atoms with Crippen LogP contribution in [0.2, 0.25) is 0 Å². The van der Waals surface area contributed by atoms with Gasteiger partial charge in [0.05, 0.1) is 17.4 Å². The Morgan fingerprint density at radius 1 is 1.12 bits per heavy atom. The van der Waals surface area contributed by atoms with Gasteiger partial charge in [-0.15, -0.1) is 10.2 Å². The SMILES string of the molecule is Cc1ccc(-n2c(Cc3ccccc3)nnc2SCC(=O)N2CCCC(C(N)=O)C2)c(C)c1. The van der Waals surface area contributed by atoms with E-state index in [1.807, 2.05) is 18.2 Å². The lowest BCUT2D eigenvalue weighted by atomic mass is 9.97. The molecule has 7 nitrogen and oxygen atoms in total. The topological polar surface area (TPSA) is 94.1 Å². The van der Waals surface area contributed by atoms with E-state index in [-0.39, 0.29) is 23.5 Å². The molecule has 1 aliphatic rings. The van der Waals surface area contributed by atoms with Gasteiger partial charge in [-0.3, -0.25) is 14.2 Å². The van der Waals surface area contributed by atoms with Crippen molar-refractivity contribution in [1.82, 2.24) is 19.7 Å². The van der Waals surface area contributed by atoms with Gasteiger partial charge in [-0.05, 0) is 43.9 Å². The molecule has 1 aromatic heterocycles.